The van der Waals surface area contributed by atoms with Gasteiger partial charge in [0, 0.05) is 5.22 Å². The average molecular weight is 173 g/mol. The monoisotopic (exact) mass is 173 g/mol. The Kier molecular flexibility index (Phi) is 3.10. The molecule has 1 rings (SSSR count). The molecule has 13 heavy (non-hydrogen) atoms. The summed E-state index contributed by atoms with van der Waals surface area (Å²) >= 11 is 0. The van der Waals surface area contributed by atoms with Crippen LogP contribution in [0.5, 0.6) is 0 Å². The standard InChI is InChI=1S/C11H11NO/c1-3-5-11-9(4-2)8-10(13-11)6-7-12/h3-5,8H,1,6H2,2H3/b9-4-,11-5+. The minimum atomic E-state index is 0.311. The van der Waals surface area contributed by atoms with Crippen molar-refractivity contribution in [1.29, 1.82) is 5.26 Å². The fourth-order valence-corrected chi connectivity index (χ4v) is 1.10. The lowest BCUT2D eigenvalue weighted by atomic mass is 10.3. The van der Waals surface area contributed by atoms with E-state index in [0.717, 1.165) is 10.6 Å². The number of hydrogen-bond acceptors (Lipinski definition) is 2. The fourth-order valence-electron chi connectivity index (χ4n) is 1.10. The van der Waals surface area contributed by atoms with Gasteiger partial charge in [0.25, 0.3) is 0 Å². The first kappa shape index (κ1) is 9.34. The van der Waals surface area contributed by atoms with Gasteiger partial charge in [-0.25, -0.2) is 0 Å². The Balaban J connectivity index is 3.30. The molecule has 0 aliphatic carbocycles. The average Bonchev–Trinajstić information content (AvgIpc) is 2.49. The first-order valence-electron chi connectivity index (χ1n) is 4.06. The number of rotatable bonds is 2. The molecule has 0 aliphatic heterocycles. The first-order valence-corrected chi connectivity index (χ1v) is 4.06. The lowest BCUT2D eigenvalue weighted by Crippen LogP contribution is -2.17. The van der Waals surface area contributed by atoms with Crippen molar-refractivity contribution in [3.05, 3.63) is 35.1 Å². The van der Waals surface area contributed by atoms with E-state index in [1.165, 1.54) is 0 Å². The molecule has 0 saturated heterocycles. The molecule has 0 N–H and O–H groups in total. The maximum absolute atomic E-state index is 8.47. The smallest absolute Gasteiger partial charge is 0.133 e. The van der Waals surface area contributed by atoms with E-state index in [-0.39, 0.29) is 0 Å². The van der Waals surface area contributed by atoms with Crippen LogP contribution in [0, 0.1) is 11.3 Å². The van der Waals surface area contributed by atoms with E-state index in [1.807, 2.05) is 25.1 Å². The molecule has 0 saturated carbocycles. The molecular formula is C11H11NO. The van der Waals surface area contributed by atoms with E-state index >= 15 is 0 Å². The number of hydrogen-bond donors (Lipinski definition) is 0. The van der Waals surface area contributed by atoms with Crippen LogP contribution < -0.4 is 10.6 Å². The largest absolute Gasteiger partial charge is 0.460 e. The summed E-state index contributed by atoms with van der Waals surface area (Å²) in [5.41, 5.74) is 0.766. The van der Waals surface area contributed by atoms with Crippen LogP contribution in [-0.4, -0.2) is 0 Å². The third-order valence-corrected chi connectivity index (χ3v) is 1.68. The minimum Gasteiger partial charge on any atom is -0.460 e. The highest BCUT2D eigenvalue weighted by atomic mass is 16.3. The molecule has 66 valence electrons. The zero-order valence-electron chi connectivity index (χ0n) is 7.58. The summed E-state index contributed by atoms with van der Waals surface area (Å²) in [6.07, 6.45) is 5.71. The van der Waals surface area contributed by atoms with Crippen LogP contribution >= 0.6 is 0 Å². The Morgan fingerprint density at radius 1 is 1.69 bits per heavy atom. The molecule has 1 aromatic heterocycles. The predicted molar refractivity (Wildman–Crippen MR) is 52.1 cm³/mol. The van der Waals surface area contributed by atoms with Gasteiger partial charge < -0.3 is 4.42 Å². The molecule has 0 aliphatic rings. The zero-order valence-corrected chi connectivity index (χ0v) is 7.58. The van der Waals surface area contributed by atoms with Gasteiger partial charge >= 0.3 is 0 Å². The molecular weight excluding hydrogens is 162 g/mol. The van der Waals surface area contributed by atoms with Gasteiger partial charge in [0.2, 0.25) is 0 Å². The lowest BCUT2D eigenvalue weighted by Gasteiger charge is -1.79. The quantitative estimate of drug-likeness (QED) is 0.671. The summed E-state index contributed by atoms with van der Waals surface area (Å²) in [7, 11) is 0. The Morgan fingerprint density at radius 2 is 2.46 bits per heavy atom. The molecule has 0 amide bonds. The van der Waals surface area contributed by atoms with Crippen LogP contribution in [-0.2, 0) is 6.42 Å². The van der Waals surface area contributed by atoms with Crippen molar-refractivity contribution in [2.45, 2.75) is 13.3 Å². The highest BCUT2D eigenvalue weighted by Crippen LogP contribution is 1.91. The van der Waals surface area contributed by atoms with Crippen molar-refractivity contribution in [3.8, 4) is 6.07 Å². The Labute approximate surface area is 77.1 Å². The summed E-state index contributed by atoms with van der Waals surface area (Å²) < 4.78 is 5.41. The summed E-state index contributed by atoms with van der Waals surface area (Å²) in [5, 5.41) is 9.48. The maximum Gasteiger partial charge on any atom is 0.133 e. The third-order valence-electron chi connectivity index (χ3n) is 1.68. The Bertz CT molecular complexity index is 445. The topological polar surface area (TPSA) is 36.9 Å². The molecule has 0 bridgehead atoms. The molecule has 0 fully saturated rings. The SMILES string of the molecule is C=C/C=c1/oc(CC#N)c/c1=C/C. The number of furan rings is 1. The van der Waals surface area contributed by atoms with Crippen LogP contribution in [0.1, 0.15) is 12.7 Å². The predicted octanol–water partition coefficient (Wildman–Crippen LogP) is 1.11. The van der Waals surface area contributed by atoms with E-state index in [4.69, 9.17) is 9.68 Å². The Hall–Kier alpha value is -1.75. The van der Waals surface area contributed by atoms with Crippen LogP contribution in [0.3, 0.4) is 0 Å². The number of allylic oxidation sites excluding steroid dienone is 1. The summed E-state index contributed by atoms with van der Waals surface area (Å²) in [6, 6.07) is 3.92. The van der Waals surface area contributed by atoms with E-state index in [1.54, 1.807) is 12.2 Å². The number of nitrogens with zero attached hydrogens (tertiary/aromatic N) is 1. The molecule has 2 heteroatoms. The highest BCUT2D eigenvalue weighted by Gasteiger charge is 1.96. The van der Waals surface area contributed by atoms with Crippen molar-refractivity contribution < 1.29 is 4.42 Å². The van der Waals surface area contributed by atoms with Gasteiger partial charge in [0.05, 0.1) is 12.5 Å². The molecule has 0 atom stereocenters. The fraction of sp³-hybridized carbons (Fsp3) is 0.182. The second kappa shape index (κ2) is 4.32. The molecule has 0 aromatic carbocycles. The van der Waals surface area contributed by atoms with Crippen LogP contribution in [0.4, 0.5) is 0 Å². The van der Waals surface area contributed by atoms with Crippen LogP contribution in [0.2, 0.25) is 0 Å². The maximum atomic E-state index is 8.47. The van der Waals surface area contributed by atoms with Gasteiger partial charge in [-0.3, -0.25) is 0 Å². The van der Waals surface area contributed by atoms with Gasteiger partial charge in [-0.2, -0.15) is 5.26 Å². The molecule has 1 heterocycles. The molecule has 1 aromatic rings. The normalized spacial score (nSPS) is 12.9. The zero-order chi connectivity index (χ0) is 9.68. The van der Waals surface area contributed by atoms with Crippen LogP contribution in [0.15, 0.2) is 23.1 Å². The van der Waals surface area contributed by atoms with Crippen molar-refractivity contribution >= 4 is 12.2 Å². The van der Waals surface area contributed by atoms with Crippen molar-refractivity contribution in [3.63, 3.8) is 0 Å². The Morgan fingerprint density at radius 3 is 3.00 bits per heavy atom. The van der Waals surface area contributed by atoms with Crippen molar-refractivity contribution in [2.24, 2.45) is 0 Å². The van der Waals surface area contributed by atoms with Gasteiger partial charge in [0.15, 0.2) is 0 Å². The lowest BCUT2D eigenvalue weighted by molar-refractivity contribution is 0.493. The summed E-state index contributed by atoms with van der Waals surface area (Å²) in [6.45, 7) is 5.52. The van der Waals surface area contributed by atoms with Gasteiger partial charge in [-0.15, -0.1) is 0 Å². The second-order valence-corrected chi connectivity index (χ2v) is 2.56. The van der Waals surface area contributed by atoms with Crippen molar-refractivity contribution in [2.75, 3.05) is 0 Å². The molecule has 2 nitrogen and oxygen atoms in total. The van der Waals surface area contributed by atoms with Crippen LogP contribution in [0.25, 0.3) is 12.2 Å². The number of nitriles is 1. The van der Waals surface area contributed by atoms with E-state index < -0.39 is 0 Å². The van der Waals surface area contributed by atoms with Gasteiger partial charge in [-0.05, 0) is 19.1 Å². The highest BCUT2D eigenvalue weighted by molar-refractivity contribution is 5.35. The summed E-state index contributed by atoms with van der Waals surface area (Å²) in [5.74, 6) is 0.698. The van der Waals surface area contributed by atoms with E-state index in [0.29, 0.717) is 12.2 Å². The second-order valence-electron chi connectivity index (χ2n) is 2.56. The summed E-state index contributed by atoms with van der Waals surface area (Å²) in [4.78, 5) is 0. The van der Waals surface area contributed by atoms with Gasteiger partial charge in [0.1, 0.15) is 11.2 Å². The van der Waals surface area contributed by atoms with E-state index in [2.05, 4.69) is 6.58 Å². The minimum absolute atomic E-state index is 0.311. The third kappa shape index (κ3) is 2.09. The molecule has 0 unspecified atom stereocenters. The van der Waals surface area contributed by atoms with E-state index in [9.17, 15) is 0 Å². The van der Waals surface area contributed by atoms with Gasteiger partial charge in [-0.1, -0.05) is 18.7 Å². The first-order chi connectivity index (χ1) is 6.31. The molecule has 0 spiro atoms. The van der Waals surface area contributed by atoms with Crippen molar-refractivity contribution in [1.82, 2.24) is 0 Å². The molecule has 0 radical (unpaired) electrons.